The minimum absolute atomic E-state index is 0.0826. The van der Waals surface area contributed by atoms with Crippen molar-refractivity contribution in [3.05, 3.63) is 46.0 Å². The van der Waals surface area contributed by atoms with Crippen LogP contribution in [0.2, 0.25) is 10.0 Å². The van der Waals surface area contributed by atoms with E-state index in [1.54, 1.807) is 12.4 Å². The maximum absolute atomic E-state index is 6.29. The van der Waals surface area contributed by atoms with E-state index in [1.165, 1.54) is 0 Å². The Morgan fingerprint density at radius 2 is 2.10 bits per heavy atom. The number of rotatable bonds is 5. The smallest absolute Gasteiger partial charge is 0.149 e. The van der Waals surface area contributed by atoms with Gasteiger partial charge in [0, 0.05) is 23.1 Å². The van der Waals surface area contributed by atoms with Gasteiger partial charge in [-0.2, -0.15) is 0 Å². The van der Waals surface area contributed by atoms with Crippen molar-refractivity contribution in [1.82, 2.24) is 20.1 Å². The Morgan fingerprint density at radius 3 is 2.65 bits per heavy atom. The number of hydrogen-bond acceptors (Lipinski definition) is 3. The summed E-state index contributed by atoms with van der Waals surface area (Å²) in [6.45, 7) is 4.18. The molecule has 0 spiro atoms. The highest BCUT2D eigenvalue weighted by atomic mass is 35.5. The fraction of sp³-hybridized carbons (Fsp3) is 0.429. The molecule has 0 saturated carbocycles. The molecule has 0 aliphatic carbocycles. The number of halogens is 2. The molecular weight excluding hydrogens is 295 g/mol. The molecule has 4 nitrogen and oxygen atoms in total. The molecule has 0 amide bonds. The van der Waals surface area contributed by atoms with Gasteiger partial charge in [-0.25, -0.2) is 0 Å². The lowest BCUT2D eigenvalue weighted by Crippen LogP contribution is -2.26. The van der Waals surface area contributed by atoms with E-state index in [0.717, 1.165) is 17.8 Å². The number of hydrogen-bond donors (Lipinski definition) is 1. The van der Waals surface area contributed by atoms with E-state index >= 15 is 0 Å². The fourth-order valence-electron chi connectivity index (χ4n) is 2.27. The molecule has 2 atom stereocenters. The van der Waals surface area contributed by atoms with Crippen LogP contribution in [0, 0.1) is 0 Å². The van der Waals surface area contributed by atoms with Crippen LogP contribution in [0.3, 0.4) is 0 Å². The molecule has 0 aliphatic heterocycles. The normalized spacial score (nSPS) is 14.2. The second-order valence-electron chi connectivity index (χ2n) is 4.82. The molecule has 6 heteroatoms. The number of aromatic nitrogens is 3. The third-order valence-corrected chi connectivity index (χ3v) is 3.89. The predicted octanol–water partition coefficient (Wildman–Crippen LogP) is 3.92. The van der Waals surface area contributed by atoms with Gasteiger partial charge in [0.1, 0.15) is 12.2 Å². The van der Waals surface area contributed by atoms with Gasteiger partial charge < -0.3 is 9.88 Å². The average Bonchev–Trinajstić information content (AvgIpc) is 2.83. The lowest BCUT2D eigenvalue weighted by molar-refractivity contribution is 0.435. The Morgan fingerprint density at radius 1 is 1.35 bits per heavy atom. The summed E-state index contributed by atoms with van der Waals surface area (Å²) in [5.41, 5.74) is 1.05. The minimum Gasteiger partial charge on any atom is -0.319 e. The Hall–Kier alpha value is -1.10. The summed E-state index contributed by atoms with van der Waals surface area (Å²) in [6.07, 6.45) is 2.62. The van der Waals surface area contributed by atoms with E-state index in [0.29, 0.717) is 10.0 Å². The lowest BCUT2D eigenvalue weighted by Gasteiger charge is -2.23. The van der Waals surface area contributed by atoms with Gasteiger partial charge in [-0.15, -0.1) is 10.2 Å². The topological polar surface area (TPSA) is 42.7 Å². The first-order chi connectivity index (χ1) is 9.52. The Bertz CT molecular complexity index is 582. The maximum atomic E-state index is 6.29. The first-order valence-corrected chi connectivity index (χ1v) is 7.33. The minimum atomic E-state index is 0.0826. The van der Waals surface area contributed by atoms with Gasteiger partial charge in [-0.3, -0.25) is 0 Å². The molecule has 1 heterocycles. The van der Waals surface area contributed by atoms with E-state index in [1.807, 2.05) is 23.7 Å². The molecular formula is C14H18Cl2N4. The van der Waals surface area contributed by atoms with Crippen molar-refractivity contribution in [2.45, 2.75) is 32.4 Å². The third kappa shape index (κ3) is 3.32. The van der Waals surface area contributed by atoms with Gasteiger partial charge in [0.25, 0.3) is 0 Å². The third-order valence-electron chi connectivity index (χ3n) is 3.33. The summed E-state index contributed by atoms with van der Waals surface area (Å²) in [5, 5.41) is 12.9. The van der Waals surface area contributed by atoms with Gasteiger partial charge in [-0.1, -0.05) is 36.2 Å². The molecule has 20 heavy (non-hydrogen) atoms. The number of nitrogens with one attached hydrogen (secondary N) is 1. The van der Waals surface area contributed by atoms with Gasteiger partial charge >= 0.3 is 0 Å². The second kappa shape index (κ2) is 6.57. The summed E-state index contributed by atoms with van der Waals surface area (Å²) in [4.78, 5) is 0. The summed E-state index contributed by atoms with van der Waals surface area (Å²) in [5.74, 6) is 0.897. The highest BCUT2D eigenvalue weighted by Crippen LogP contribution is 2.29. The summed E-state index contributed by atoms with van der Waals surface area (Å²) in [7, 11) is 1.93. The average molecular weight is 313 g/mol. The Kier molecular flexibility index (Phi) is 5.02. The summed E-state index contributed by atoms with van der Waals surface area (Å²) in [6, 6.07) is 5.83. The van der Waals surface area contributed by atoms with E-state index in [-0.39, 0.29) is 12.1 Å². The number of aryl methyl sites for hydroxylation is 1. The first-order valence-electron chi connectivity index (χ1n) is 6.57. The Balaban J connectivity index is 2.19. The van der Waals surface area contributed by atoms with Gasteiger partial charge in [0.05, 0.1) is 6.04 Å². The molecule has 1 N–H and O–H groups in total. The molecule has 2 unspecified atom stereocenters. The van der Waals surface area contributed by atoms with Crippen LogP contribution in [-0.2, 0) is 7.05 Å². The zero-order valence-corrected chi connectivity index (χ0v) is 13.3. The van der Waals surface area contributed by atoms with Crippen LogP contribution in [0.4, 0.5) is 0 Å². The zero-order chi connectivity index (χ0) is 14.7. The molecule has 0 aliphatic rings. The maximum Gasteiger partial charge on any atom is 0.149 e. The SMILES string of the molecule is CCC(NC(C)c1nncn1C)c1ccc(Cl)cc1Cl. The predicted molar refractivity (Wildman–Crippen MR) is 82.0 cm³/mol. The largest absolute Gasteiger partial charge is 0.319 e. The first kappa shape index (κ1) is 15.3. The molecule has 1 aromatic heterocycles. The van der Waals surface area contributed by atoms with E-state index < -0.39 is 0 Å². The molecule has 2 aromatic rings. The molecule has 0 radical (unpaired) electrons. The molecule has 108 valence electrons. The zero-order valence-electron chi connectivity index (χ0n) is 11.8. The lowest BCUT2D eigenvalue weighted by atomic mass is 10.0. The van der Waals surface area contributed by atoms with Crippen LogP contribution in [0.15, 0.2) is 24.5 Å². The summed E-state index contributed by atoms with van der Waals surface area (Å²) >= 11 is 12.2. The van der Waals surface area contributed by atoms with Crippen molar-refractivity contribution in [2.75, 3.05) is 0 Å². The molecule has 1 aromatic carbocycles. The van der Waals surface area contributed by atoms with E-state index in [2.05, 4.69) is 29.4 Å². The van der Waals surface area contributed by atoms with Crippen LogP contribution < -0.4 is 5.32 Å². The van der Waals surface area contributed by atoms with Crippen LogP contribution >= 0.6 is 23.2 Å². The van der Waals surface area contributed by atoms with Crippen molar-refractivity contribution in [1.29, 1.82) is 0 Å². The van der Waals surface area contributed by atoms with Crippen molar-refractivity contribution in [3.8, 4) is 0 Å². The van der Waals surface area contributed by atoms with Crippen molar-refractivity contribution in [3.63, 3.8) is 0 Å². The number of benzene rings is 1. The van der Waals surface area contributed by atoms with Gasteiger partial charge in [0.2, 0.25) is 0 Å². The molecule has 0 bridgehead atoms. The quantitative estimate of drug-likeness (QED) is 0.909. The van der Waals surface area contributed by atoms with E-state index in [9.17, 15) is 0 Å². The second-order valence-corrected chi connectivity index (χ2v) is 5.66. The van der Waals surface area contributed by atoms with Crippen molar-refractivity contribution < 1.29 is 0 Å². The standard InChI is InChI=1S/C14H18Cl2N4/c1-4-13(11-6-5-10(15)7-12(11)16)18-9(2)14-19-17-8-20(14)3/h5-9,13,18H,4H2,1-3H3. The van der Waals surface area contributed by atoms with Crippen molar-refractivity contribution >= 4 is 23.2 Å². The monoisotopic (exact) mass is 312 g/mol. The highest BCUT2D eigenvalue weighted by molar-refractivity contribution is 6.35. The van der Waals surface area contributed by atoms with Crippen LogP contribution in [0.25, 0.3) is 0 Å². The number of nitrogens with zero attached hydrogens (tertiary/aromatic N) is 3. The molecule has 0 fully saturated rings. The molecule has 2 rings (SSSR count). The van der Waals surface area contributed by atoms with Crippen LogP contribution in [-0.4, -0.2) is 14.8 Å². The van der Waals surface area contributed by atoms with Gasteiger partial charge in [0.15, 0.2) is 0 Å². The van der Waals surface area contributed by atoms with Gasteiger partial charge in [-0.05, 0) is 31.0 Å². The Labute approximate surface area is 129 Å². The van der Waals surface area contributed by atoms with E-state index in [4.69, 9.17) is 23.2 Å². The highest BCUT2D eigenvalue weighted by Gasteiger charge is 2.19. The fourth-order valence-corrected chi connectivity index (χ4v) is 2.81. The summed E-state index contributed by atoms with van der Waals surface area (Å²) < 4.78 is 1.91. The van der Waals surface area contributed by atoms with Crippen LogP contribution in [0.5, 0.6) is 0 Å². The van der Waals surface area contributed by atoms with Crippen LogP contribution in [0.1, 0.15) is 43.7 Å². The molecule has 0 saturated heterocycles. The van der Waals surface area contributed by atoms with Crippen molar-refractivity contribution in [2.24, 2.45) is 7.05 Å².